The Labute approximate surface area is 169 Å². The second-order valence-electron chi connectivity index (χ2n) is 7.41. The maximum absolute atomic E-state index is 12.6. The van der Waals surface area contributed by atoms with E-state index in [-0.39, 0.29) is 35.9 Å². The number of nitrogens with zero attached hydrogens (tertiary/aromatic N) is 4. The molecule has 0 atom stereocenters. The highest BCUT2D eigenvalue weighted by molar-refractivity contribution is 5.99. The third-order valence-electron chi connectivity index (χ3n) is 5.29. The van der Waals surface area contributed by atoms with Crippen LogP contribution in [0.1, 0.15) is 35.0 Å². The molecule has 2 heterocycles. The van der Waals surface area contributed by atoms with Gasteiger partial charge < -0.3 is 15.5 Å². The molecule has 1 saturated heterocycles. The number of piperazine rings is 1. The Bertz CT molecular complexity index is 973. The summed E-state index contributed by atoms with van der Waals surface area (Å²) in [4.78, 5) is 40.7. The van der Waals surface area contributed by atoms with Gasteiger partial charge in [-0.25, -0.2) is 4.68 Å². The van der Waals surface area contributed by atoms with Gasteiger partial charge in [0.25, 0.3) is 5.56 Å². The Morgan fingerprint density at radius 3 is 2.28 bits per heavy atom. The van der Waals surface area contributed by atoms with Crippen molar-refractivity contribution >= 4 is 23.1 Å². The molecule has 8 heteroatoms. The third kappa shape index (κ3) is 4.47. The van der Waals surface area contributed by atoms with E-state index in [0.717, 1.165) is 18.8 Å². The summed E-state index contributed by atoms with van der Waals surface area (Å²) in [5, 5.41) is 4.16. The van der Waals surface area contributed by atoms with Crippen LogP contribution in [0, 0.1) is 13.8 Å². The quantitative estimate of drug-likeness (QED) is 0.765. The minimum absolute atomic E-state index is 0.0193. The fourth-order valence-corrected chi connectivity index (χ4v) is 3.64. The van der Waals surface area contributed by atoms with Crippen LogP contribution in [-0.4, -0.2) is 52.5 Å². The van der Waals surface area contributed by atoms with Gasteiger partial charge in [-0.3, -0.25) is 14.4 Å². The van der Waals surface area contributed by atoms with Gasteiger partial charge in [0, 0.05) is 38.3 Å². The van der Waals surface area contributed by atoms with Crippen LogP contribution in [0.15, 0.2) is 29.1 Å². The molecular formula is C21H27N5O3. The van der Waals surface area contributed by atoms with Crippen molar-refractivity contribution in [2.45, 2.75) is 33.7 Å². The van der Waals surface area contributed by atoms with E-state index in [2.05, 4.69) is 41.2 Å². The van der Waals surface area contributed by atoms with Crippen LogP contribution in [0.5, 0.6) is 0 Å². The number of benzene rings is 1. The number of hydrogen-bond donors (Lipinski definition) is 1. The number of amides is 1. The molecule has 1 aromatic carbocycles. The summed E-state index contributed by atoms with van der Waals surface area (Å²) < 4.78 is 1.18. The minimum Gasteiger partial charge on any atom is -0.394 e. The van der Waals surface area contributed by atoms with Crippen LogP contribution in [0.25, 0.3) is 0 Å². The first kappa shape index (κ1) is 20.6. The lowest BCUT2D eigenvalue weighted by atomic mass is 10.1. The van der Waals surface area contributed by atoms with E-state index in [1.54, 1.807) is 6.92 Å². The molecule has 1 aliphatic rings. The highest BCUT2D eigenvalue weighted by Gasteiger charge is 2.22. The number of Topliss-reactive ketones (excluding diaryl/α,β-unsaturated/α-hetero) is 1. The Balaban J connectivity index is 1.59. The molecule has 3 rings (SSSR count). The zero-order valence-electron chi connectivity index (χ0n) is 17.1. The summed E-state index contributed by atoms with van der Waals surface area (Å²) >= 11 is 0. The standard InChI is InChI=1S/C21H27N5O3/c1-14-4-6-17(7-5-14)24-10-12-25(13-11-24)18(28)8-9-26-21(29)20(22)19(16(3)27)15(2)23-26/h4-7H,8-13,22H2,1-3H3. The fraction of sp³-hybridized carbons (Fsp3) is 0.429. The molecule has 0 saturated carbocycles. The molecule has 0 unspecified atom stereocenters. The molecule has 1 aliphatic heterocycles. The number of ketones is 1. The van der Waals surface area contributed by atoms with Crippen molar-refractivity contribution in [3.8, 4) is 0 Å². The number of nitrogen functional groups attached to an aromatic ring is 1. The van der Waals surface area contributed by atoms with Gasteiger partial charge in [-0.2, -0.15) is 5.10 Å². The van der Waals surface area contributed by atoms with E-state index in [0.29, 0.717) is 18.8 Å². The van der Waals surface area contributed by atoms with Gasteiger partial charge in [-0.1, -0.05) is 17.7 Å². The van der Waals surface area contributed by atoms with Gasteiger partial charge in [0.2, 0.25) is 5.91 Å². The van der Waals surface area contributed by atoms with Gasteiger partial charge in [-0.05, 0) is 32.9 Å². The largest absolute Gasteiger partial charge is 0.394 e. The van der Waals surface area contributed by atoms with Crippen LogP contribution in [0.2, 0.25) is 0 Å². The Hall–Kier alpha value is -3.16. The van der Waals surface area contributed by atoms with E-state index in [1.807, 2.05) is 4.90 Å². The summed E-state index contributed by atoms with van der Waals surface area (Å²) in [6.07, 6.45) is 0.162. The van der Waals surface area contributed by atoms with Crippen molar-refractivity contribution < 1.29 is 9.59 Å². The van der Waals surface area contributed by atoms with Gasteiger partial charge in [0.1, 0.15) is 5.69 Å². The molecule has 29 heavy (non-hydrogen) atoms. The molecule has 1 fully saturated rings. The van der Waals surface area contributed by atoms with E-state index in [1.165, 1.54) is 17.2 Å². The van der Waals surface area contributed by atoms with Crippen LogP contribution < -0.4 is 16.2 Å². The first-order valence-electron chi connectivity index (χ1n) is 9.75. The van der Waals surface area contributed by atoms with E-state index in [9.17, 15) is 14.4 Å². The van der Waals surface area contributed by atoms with Crippen LogP contribution in [0.4, 0.5) is 11.4 Å². The van der Waals surface area contributed by atoms with Crippen molar-refractivity contribution in [1.82, 2.24) is 14.7 Å². The van der Waals surface area contributed by atoms with Gasteiger partial charge in [0.15, 0.2) is 5.78 Å². The lowest BCUT2D eigenvalue weighted by Gasteiger charge is -2.36. The fourth-order valence-electron chi connectivity index (χ4n) is 3.64. The SMILES string of the molecule is CC(=O)c1c(C)nn(CCC(=O)N2CCN(c3ccc(C)cc3)CC2)c(=O)c1N. The zero-order chi connectivity index (χ0) is 21.1. The molecule has 0 radical (unpaired) electrons. The van der Waals surface area contributed by atoms with Crippen LogP contribution in [-0.2, 0) is 11.3 Å². The molecule has 1 aromatic heterocycles. The number of aromatic nitrogens is 2. The summed E-state index contributed by atoms with van der Waals surface area (Å²) in [5.74, 6) is -0.312. The monoisotopic (exact) mass is 397 g/mol. The van der Waals surface area contributed by atoms with Crippen molar-refractivity contribution in [2.75, 3.05) is 36.8 Å². The summed E-state index contributed by atoms with van der Waals surface area (Å²) in [5.41, 5.74) is 8.12. The molecule has 0 spiro atoms. The van der Waals surface area contributed by atoms with Crippen molar-refractivity contribution in [1.29, 1.82) is 0 Å². The summed E-state index contributed by atoms with van der Waals surface area (Å²) in [7, 11) is 0. The number of carbonyl (C=O) groups is 2. The van der Waals surface area contributed by atoms with Crippen molar-refractivity contribution in [2.24, 2.45) is 0 Å². The number of aryl methyl sites for hydroxylation is 3. The Morgan fingerprint density at radius 1 is 1.07 bits per heavy atom. The zero-order valence-corrected chi connectivity index (χ0v) is 17.1. The Morgan fingerprint density at radius 2 is 1.69 bits per heavy atom. The maximum Gasteiger partial charge on any atom is 0.290 e. The number of nitrogens with two attached hydrogens (primary N) is 1. The summed E-state index contributed by atoms with van der Waals surface area (Å²) in [6.45, 7) is 8.00. The van der Waals surface area contributed by atoms with Crippen LogP contribution in [0.3, 0.4) is 0 Å². The molecule has 2 N–H and O–H groups in total. The minimum atomic E-state index is -0.530. The van der Waals surface area contributed by atoms with E-state index < -0.39 is 5.56 Å². The third-order valence-corrected chi connectivity index (χ3v) is 5.29. The second-order valence-corrected chi connectivity index (χ2v) is 7.41. The van der Waals surface area contributed by atoms with Crippen molar-refractivity contribution in [3.63, 3.8) is 0 Å². The molecule has 0 bridgehead atoms. The molecule has 154 valence electrons. The molecular weight excluding hydrogens is 370 g/mol. The maximum atomic E-state index is 12.6. The molecule has 2 aromatic rings. The number of hydrogen-bond acceptors (Lipinski definition) is 6. The highest BCUT2D eigenvalue weighted by Crippen LogP contribution is 2.17. The van der Waals surface area contributed by atoms with Crippen LogP contribution >= 0.6 is 0 Å². The van der Waals surface area contributed by atoms with Crippen molar-refractivity contribution in [3.05, 3.63) is 51.4 Å². The normalized spacial score (nSPS) is 14.2. The smallest absolute Gasteiger partial charge is 0.290 e. The van der Waals surface area contributed by atoms with Gasteiger partial charge >= 0.3 is 0 Å². The van der Waals surface area contributed by atoms with E-state index >= 15 is 0 Å². The number of anilines is 2. The lowest BCUT2D eigenvalue weighted by molar-refractivity contribution is -0.131. The highest BCUT2D eigenvalue weighted by atomic mass is 16.2. The number of rotatable bonds is 5. The first-order valence-corrected chi connectivity index (χ1v) is 9.75. The Kier molecular flexibility index (Phi) is 6.00. The van der Waals surface area contributed by atoms with E-state index in [4.69, 9.17) is 5.73 Å². The summed E-state index contributed by atoms with van der Waals surface area (Å²) in [6, 6.07) is 8.37. The molecule has 0 aliphatic carbocycles. The lowest BCUT2D eigenvalue weighted by Crippen LogP contribution is -2.49. The number of carbonyl (C=O) groups excluding carboxylic acids is 2. The average Bonchev–Trinajstić information content (AvgIpc) is 2.70. The predicted molar refractivity (Wildman–Crippen MR) is 112 cm³/mol. The predicted octanol–water partition coefficient (Wildman–Crippen LogP) is 1.38. The molecule has 1 amide bonds. The topological polar surface area (TPSA) is 102 Å². The average molecular weight is 397 g/mol. The first-order chi connectivity index (χ1) is 13.8. The van der Waals surface area contributed by atoms with Gasteiger partial charge in [0.05, 0.1) is 17.8 Å². The second kappa shape index (κ2) is 8.46. The van der Waals surface area contributed by atoms with Gasteiger partial charge in [-0.15, -0.1) is 0 Å². The molecule has 8 nitrogen and oxygen atoms in total.